The minimum absolute atomic E-state index is 0.0616. The molecule has 1 fully saturated rings. The number of carbonyl (C=O) groups is 1. The number of aliphatic hydroxyl groups excluding tert-OH is 1. The minimum atomic E-state index is -1.45. The van der Waals surface area contributed by atoms with Crippen molar-refractivity contribution < 1.29 is 19.4 Å². The fourth-order valence-electron chi connectivity index (χ4n) is 1.36. The van der Waals surface area contributed by atoms with E-state index in [1.165, 1.54) is 0 Å². The van der Waals surface area contributed by atoms with Crippen LogP contribution in [-0.2, 0) is 0 Å². The Bertz CT molecular complexity index is 176. The first-order chi connectivity index (χ1) is 5.65. The second kappa shape index (κ2) is 3.71. The Hall–Kier alpha value is -0.840. The number of amides is 1. The summed E-state index contributed by atoms with van der Waals surface area (Å²) in [4.78, 5) is 11.2. The Morgan fingerprint density at radius 3 is 2.75 bits per heavy atom. The van der Waals surface area contributed by atoms with Crippen LogP contribution < -0.4 is 0 Å². The molecule has 1 rings (SSSR count). The van der Waals surface area contributed by atoms with Crippen LogP contribution >= 0.6 is 0 Å². The van der Waals surface area contributed by atoms with Crippen LogP contribution in [0.15, 0.2) is 0 Å². The van der Waals surface area contributed by atoms with Gasteiger partial charge in [-0.25, -0.2) is 9.18 Å². The molecular weight excluding hydrogens is 165 g/mol. The molecule has 1 heterocycles. The Labute approximate surface area is 69.6 Å². The number of piperidine rings is 1. The summed E-state index contributed by atoms with van der Waals surface area (Å²) in [5.41, 5.74) is 0. The van der Waals surface area contributed by atoms with Crippen LogP contribution in [0.4, 0.5) is 9.18 Å². The van der Waals surface area contributed by atoms with E-state index < -0.39 is 12.4 Å². The third-order valence-electron chi connectivity index (χ3n) is 2.15. The number of halogens is 1. The summed E-state index contributed by atoms with van der Waals surface area (Å²) < 4.78 is 13.0. The van der Waals surface area contributed by atoms with Crippen molar-refractivity contribution in [3.8, 4) is 0 Å². The predicted octanol–water partition coefficient (Wildman–Crippen LogP) is 0.664. The van der Waals surface area contributed by atoms with Crippen molar-refractivity contribution in [2.75, 3.05) is 13.2 Å². The quantitative estimate of drug-likeness (QED) is 0.578. The largest absolute Gasteiger partial charge is 0.465 e. The van der Waals surface area contributed by atoms with Crippen molar-refractivity contribution >= 4 is 6.09 Å². The van der Waals surface area contributed by atoms with Gasteiger partial charge in [0.05, 0.1) is 0 Å². The van der Waals surface area contributed by atoms with Crippen molar-refractivity contribution in [3.63, 3.8) is 0 Å². The Morgan fingerprint density at radius 1 is 1.67 bits per heavy atom. The van der Waals surface area contributed by atoms with Crippen LogP contribution in [0.5, 0.6) is 0 Å². The van der Waals surface area contributed by atoms with Crippen LogP contribution in [0.1, 0.15) is 12.8 Å². The molecule has 0 aromatic carbocycles. The molecule has 0 aromatic heterocycles. The monoisotopic (exact) mass is 177 g/mol. The molecule has 0 aliphatic carbocycles. The zero-order valence-electron chi connectivity index (χ0n) is 6.61. The van der Waals surface area contributed by atoms with E-state index in [0.29, 0.717) is 6.42 Å². The summed E-state index contributed by atoms with van der Waals surface area (Å²) in [5, 5.41) is 17.2. The summed E-state index contributed by atoms with van der Waals surface area (Å²) in [6, 6.07) is 0. The van der Waals surface area contributed by atoms with Crippen LogP contribution in [0.2, 0.25) is 0 Å². The maximum atomic E-state index is 13.0. The lowest BCUT2D eigenvalue weighted by Gasteiger charge is -2.32. The van der Waals surface area contributed by atoms with Crippen molar-refractivity contribution in [1.29, 1.82) is 0 Å². The van der Waals surface area contributed by atoms with Gasteiger partial charge < -0.3 is 10.2 Å². The van der Waals surface area contributed by atoms with Gasteiger partial charge in [0.25, 0.3) is 0 Å². The first-order valence-corrected chi connectivity index (χ1v) is 3.89. The Morgan fingerprint density at radius 2 is 2.33 bits per heavy atom. The number of hydrogen-bond donors (Lipinski definition) is 2. The number of rotatable bonds is 1. The van der Waals surface area contributed by atoms with E-state index in [1.807, 2.05) is 0 Å². The van der Waals surface area contributed by atoms with E-state index in [9.17, 15) is 9.18 Å². The zero-order valence-corrected chi connectivity index (χ0v) is 6.61. The van der Waals surface area contributed by atoms with Crippen molar-refractivity contribution in [1.82, 2.24) is 4.90 Å². The number of carboxylic acid groups (broad SMARTS) is 1. The molecule has 0 saturated carbocycles. The Balaban J connectivity index is 2.47. The summed E-state index contributed by atoms with van der Waals surface area (Å²) in [5.74, 6) is -0.0874. The van der Waals surface area contributed by atoms with Gasteiger partial charge in [0.2, 0.25) is 0 Å². The van der Waals surface area contributed by atoms with Gasteiger partial charge in [-0.15, -0.1) is 0 Å². The topological polar surface area (TPSA) is 60.8 Å². The standard InChI is InChI=1S/C7H12FNO3/c8-6-3-5(4-10)1-2-9(6)7(11)12/h5-6,10H,1-4H2,(H,11,12). The van der Waals surface area contributed by atoms with Gasteiger partial charge >= 0.3 is 6.09 Å². The molecule has 2 unspecified atom stereocenters. The molecule has 1 amide bonds. The van der Waals surface area contributed by atoms with Gasteiger partial charge in [-0.2, -0.15) is 0 Å². The second-order valence-corrected chi connectivity index (χ2v) is 2.98. The van der Waals surface area contributed by atoms with E-state index in [0.717, 1.165) is 4.90 Å². The summed E-state index contributed by atoms with van der Waals surface area (Å²) in [6.45, 7) is 0.121. The average Bonchev–Trinajstić information content (AvgIpc) is 2.03. The van der Waals surface area contributed by atoms with E-state index >= 15 is 0 Å². The third-order valence-corrected chi connectivity index (χ3v) is 2.15. The number of hydrogen-bond acceptors (Lipinski definition) is 2. The van der Waals surface area contributed by atoms with Gasteiger partial charge in [0.1, 0.15) is 0 Å². The smallest absolute Gasteiger partial charge is 0.409 e. The molecule has 5 heteroatoms. The molecule has 2 N–H and O–H groups in total. The average molecular weight is 177 g/mol. The maximum absolute atomic E-state index is 13.0. The van der Waals surface area contributed by atoms with Crippen LogP contribution in [0.25, 0.3) is 0 Å². The molecule has 1 aliphatic heterocycles. The first kappa shape index (κ1) is 9.25. The van der Waals surface area contributed by atoms with E-state index in [2.05, 4.69) is 0 Å². The fraction of sp³-hybridized carbons (Fsp3) is 0.857. The molecule has 0 radical (unpaired) electrons. The van der Waals surface area contributed by atoms with Crippen LogP contribution in [0.3, 0.4) is 0 Å². The molecule has 0 bridgehead atoms. The first-order valence-electron chi connectivity index (χ1n) is 3.89. The normalized spacial score (nSPS) is 30.3. The molecule has 4 nitrogen and oxygen atoms in total. The van der Waals surface area contributed by atoms with E-state index in [1.54, 1.807) is 0 Å². The second-order valence-electron chi connectivity index (χ2n) is 2.98. The Kier molecular flexibility index (Phi) is 2.86. The molecular formula is C7H12FNO3. The molecule has 0 spiro atoms. The van der Waals surface area contributed by atoms with Gasteiger partial charge in [0.15, 0.2) is 6.30 Å². The van der Waals surface area contributed by atoms with Gasteiger partial charge in [-0.3, -0.25) is 4.90 Å². The highest BCUT2D eigenvalue weighted by molar-refractivity contribution is 5.65. The van der Waals surface area contributed by atoms with E-state index in [4.69, 9.17) is 10.2 Å². The lowest BCUT2D eigenvalue weighted by molar-refractivity contribution is 0.0148. The number of aliphatic hydroxyl groups is 1. The number of alkyl halides is 1. The zero-order chi connectivity index (χ0) is 9.14. The number of nitrogens with zero attached hydrogens (tertiary/aromatic N) is 1. The molecule has 12 heavy (non-hydrogen) atoms. The number of likely N-dealkylation sites (tertiary alicyclic amines) is 1. The molecule has 70 valence electrons. The van der Waals surface area contributed by atoms with Crippen molar-refractivity contribution in [3.05, 3.63) is 0 Å². The summed E-state index contributed by atoms with van der Waals surface area (Å²) >= 11 is 0. The predicted molar refractivity (Wildman–Crippen MR) is 39.4 cm³/mol. The highest BCUT2D eigenvalue weighted by Crippen LogP contribution is 2.23. The van der Waals surface area contributed by atoms with Crippen molar-refractivity contribution in [2.45, 2.75) is 19.1 Å². The van der Waals surface area contributed by atoms with Crippen LogP contribution in [-0.4, -0.2) is 40.7 Å². The minimum Gasteiger partial charge on any atom is -0.465 e. The van der Waals surface area contributed by atoms with E-state index in [-0.39, 0.29) is 25.5 Å². The lowest BCUT2D eigenvalue weighted by Crippen LogP contribution is -2.43. The van der Waals surface area contributed by atoms with Crippen LogP contribution in [0, 0.1) is 5.92 Å². The molecule has 2 atom stereocenters. The molecule has 1 aliphatic rings. The third kappa shape index (κ3) is 1.85. The maximum Gasteiger partial charge on any atom is 0.409 e. The van der Waals surface area contributed by atoms with Gasteiger partial charge in [-0.1, -0.05) is 0 Å². The highest BCUT2D eigenvalue weighted by Gasteiger charge is 2.30. The van der Waals surface area contributed by atoms with Gasteiger partial charge in [0, 0.05) is 19.6 Å². The SMILES string of the molecule is O=C(O)N1CCC(CO)CC1F. The fourth-order valence-corrected chi connectivity index (χ4v) is 1.36. The molecule has 0 aromatic rings. The summed E-state index contributed by atoms with van der Waals surface area (Å²) in [7, 11) is 0. The molecule has 1 saturated heterocycles. The lowest BCUT2D eigenvalue weighted by atomic mass is 9.97. The van der Waals surface area contributed by atoms with Crippen molar-refractivity contribution in [2.24, 2.45) is 5.92 Å². The van der Waals surface area contributed by atoms with Gasteiger partial charge in [-0.05, 0) is 12.3 Å². The summed E-state index contributed by atoms with van der Waals surface area (Å²) in [6.07, 6.45) is -2.02. The highest BCUT2D eigenvalue weighted by atomic mass is 19.1.